The minimum absolute atomic E-state index is 0.193. The van der Waals surface area contributed by atoms with Crippen LogP contribution in [0.15, 0.2) is 24.3 Å². The predicted octanol–water partition coefficient (Wildman–Crippen LogP) is 2.52. The number of piperazine rings is 1. The van der Waals surface area contributed by atoms with Crippen LogP contribution in [0.3, 0.4) is 0 Å². The number of nitrogens with two attached hydrogens (primary N) is 1. The number of hydrogen-bond donors (Lipinski definition) is 1. The molecule has 0 radical (unpaired) electrons. The molecule has 1 aliphatic heterocycles. The summed E-state index contributed by atoms with van der Waals surface area (Å²) < 4.78 is 0. The minimum Gasteiger partial charge on any atom is -0.392 e. The molecular formula is C15H22ClN3S. The Morgan fingerprint density at radius 1 is 1.20 bits per heavy atom. The minimum atomic E-state index is -0.193. The number of rotatable bonds is 4. The summed E-state index contributed by atoms with van der Waals surface area (Å²) in [4.78, 5) is 5.40. The molecule has 3 nitrogen and oxygen atoms in total. The van der Waals surface area contributed by atoms with Gasteiger partial charge in [0.1, 0.15) is 0 Å². The van der Waals surface area contributed by atoms with E-state index in [0.717, 1.165) is 37.7 Å². The van der Waals surface area contributed by atoms with Crippen molar-refractivity contribution in [3.05, 3.63) is 34.9 Å². The lowest BCUT2D eigenvalue weighted by Crippen LogP contribution is -2.59. The number of halogens is 1. The van der Waals surface area contributed by atoms with Gasteiger partial charge in [0.15, 0.2) is 0 Å². The van der Waals surface area contributed by atoms with Crippen LogP contribution in [-0.4, -0.2) is 46.5 Å². The Balaban J connectivity index is 1.88. The summed E-state index contributed by atoms with van der Waals surface area (Å²) in [5, 5.41) is 0.789. The van der Waals surface area contributed by atoms with Crippen LogP contribution in [0.25, 0.3) is 0 Å². The van der Waals surface area contributed by atoms with Gasteiger partial charge in [-0.3, -0.25) is 9.80 Å². The van der Waals surface area contributed by atoms with Gasteiger partial charge in [-0.1, -0.05) is 36.0 Å². The first kappa shape index (κ1) is 15.7. The molecule has 2 N–H and O–H groups in total. The van der Waals surface area contributed by atoms with Crippen LogP contribution in [0.5, 0.6) is 0 Å². The molecule has 0 spiro atoms. The van der Waals surface area contributed by atoms with E-state index in [-0.39, 0.29) is 5.54 Å². The smallest absolute Gasteiger partial charge is 0.0928 e. The van der Waals surface area contributed by atoms with Crippen LogP contribution in [0.4, 0.5) is 0 Å². The highest BCUT2D eigenvalue weighted by Crippen LogP contribution is 2.19. The van der Waals surface area contributed by atoms with Crippen molar-refractivity contribution in [1.29, 1.82) is 0 Å². The SMILES string of the molecule is CC(C)(C(N)=S)N1CCN(Cc2ccc(Cl)cc2)CC1. The quantitative estimate of drug-likeness (QED) is 0.866. The Morgan fingerprint density at radius 2 is 1.75 bits per heavy atom. The molecule has 20 heavy (non-hydrogen) atoms. The number of hydrogen-bond acceptors (Lipinski definition) is 3. The Morgan fingerprint density at radius 3 is 2.25 bits per heavy atom. The molecule has 1 fully saturated rings. The lowest BCUT2D eigenvalue weighted by atomic mass is 10.0. The number of thiocarbonyl (C=S) groups is 1. The molecule has 1 saturated heterocycles. The average molecular weight is 312 g/mol. The summed E-state index contributed by atoms with van der Waals surface area (Å²) in [5.74, 6) is 0. The molecule has 0 amide bonds. The highest BCUT2D eigenvalue weighted by atomic mass is 35.5. The van der Waals surface area contributed by atoms with Crippen LogP contribution in [0.2, 0.25) is 5.02 Å². The van der Waals surface area contributed by atoms with E-state index in [4.69, 9.17) is 29.6 Å². The maximum absolute atomic E-state index is 5.91. The van der Waals surface area contributed by atoms with Crippen molar-refractivity contribution in [1.82, 2.24) is 9.80 Å². The fraction of sp³-hybridized carbons (Fsp3) is 0.533. The maximum Gasteiger partial charge on any atom is 0.0928 e. The van der Waals surface area contributed by atoms with Crippen LogP contribution in [0.1, 0.15) is 19.4 Å². The van der Waals surface area contributed by atoms with Gasteiger partial charge in [0.2, 0.25) is 0 Å². The fourth-order valence-electron chi connectivity index (χ4n) is 2.47. The number of benzene rings is 1. The topological polar surface area (TPSA) is 32.5 Å². The highest BCUT2D eigenvalue weighted by molar-refractivity contribution is 7.80. The molecule has 1 heterocycles. The van der Waals surface area contributed by atoms with Crippen molar-refractivity contribution in [3.63, 3.8) is 0 Å². The second-order valence-electron chi connectivity index (χ2n) is 5.81. The predicted molar refractivity (Wildman–Crippen MR) is 89.2 cm³/mol. The zero-order valence-corrected chi connectivity index (χ0v) is 13.7. The van der Waals surface area contributed by atoms with Gasteiger partial charge >= 0.3 is 0 Å². The Bertz CT molecular complexity index is 465. The standard InChI is InChI=1S/C15H22ClN3S/c1-15(2,14(17)20)19-9-7-18(8-10-19)11-12-3-5-13(16)6-4-12/h3-6H,7-11H2,1-2H3,(H2,17,20). The van der Waals surface area contributed by atoms with E-state index in [0.29, 0.717) is 4.99 Å². The van der Waals surface area contributed by atoms with Crippen molar-refractivity contribution < 1.29 is 0 Å². The van der Waals surface area contributed by atoms with Gasteiger partial charge in [0.25, 0.3) is 0 Å². The average Bonchev–Trinajstić information content (AvgIpc) is 2.42. The van der Waals surface area contributed by atoms with Crippen LogP contribution >= 0.6 is 23.8 Å². The molecule has 110 valence electrons. The van der Waals surface area contributed by atoms with Crippen molar-refractivity contribution in [3.8, 4) is 0 Å². The summed E-state index contributed by atoms with van der Waals surface area (Å²) in [7, 11) is 0. The maximum atomic E-state index is 5.91. The van der Waals surface area contributed by atoms with Gasteiger partial charge in [0, 0.05) is 37.7 Å². The summed E-state index contributed by atoms with van der Waals surface area (Å²) in [6.07, 6.45) is 0. The molecule has 0 bridgehead atoms. The molecule has 2 rings (SSSR count). The molecule has 0 atom stereocenters. The molecule has 0 aromatic heterocycles. The summed E-state index contributed by atoms with van der Waals surface area (Å²) >= 11 is 11.1. The van der Waals surface area contributed by atoms with Crippen LogP contribution in [-0.2, 0) is 6.54 Å². The summed E-state index contributed by atoms with van der Waals surface area (Å²) in [6, 6.07) is 8.08. The summed E-state index contributed by atoms with van der Waals surface area (Å²) in [6.45, 7) is 9.24. The molecule has 0 saturated carbocycles. The lowest BCUT2D eigenvalue weighted by Gasteiger charge is -2.43. The molecule has 5 heteroatoms. The third-order valence-corrected chi connectivity index (χ3v) is 4.84. The normalized spacial score (nSPS) is 18.1. The van der Waals surface area contributed by atoms with Crippen molar-refractivity contribution >= 4 is 28.8 Å². The third kappa shape index (κ3) is 3.70. The van der Waals surface area contributed by atoms with Gasteiger partial charge in [-0.15, -0.1) is 0 Å². The first-order valence-electron chi connectivity index (χ1n) is 6.91. The Labute approximate surface area is 131 Å². The second-order valence-corrected chi connectivity index (χ2v) is 6.69. The van der Waals surface area contributed by atoms with Gasteiger partial charge in [0.05, 0.1) is 10.5 Å². The molecule has 0 unspecified atom stereocenters. The van der Waals surface area contributed by atoms with E-state index in [1.807, 2.05) is 12.1 Å². The molecular weight excluding hydrogens is 290 g/mol. The van der Waals surface area contributed by atoms with E-state index in [1.54, 1.807) is 0 Å². The van der Waals surface area contributed by atoms with Crippen molar-refractivity contribution in [2.24, 2.45) is 5.73 Å². The molecule has 1 aromatic carbocycles. The van der Waals surface area contributed by atoms with E-state index in [1.165, 1.54) is 5.56 Å². The lowest BCUT2D eigenvalue weighted by molar-refractivity contribution is 0.0821. The Hall–Kier alpha value is -0.680. The van der Waals surface area contributed by atoms with Gasteiger partial charge in [-0.25, -0.2) is 0 Å². The molecule has 1 aromatic rings. The van der Waals surface area contributed by atoms with Crippen LogP contribution in [0, 0.1) is 0 Å². The zero-order chi connectivity index (χ0) is 14.8. The monoisotopic (exact) mass is 311 g/mol. The number of nitrogens with zero attached hydrogens (tertiary/aromatic N) is 2. The highest BCUT2D eigenvalue weighted by Gasteiger charge is 2.32. The van der Waals surface area contributed by atoms with Gasteiger partial charge in [-0.05, 0) is 31.5 Å². The second kappa shape index (κ2) is 6.39. The van der Waals surface area contributed by atoms with Gasteiger partial charge in [-0.2, -0.15) is 0 Å². The third-order valence-electron chi connectivity index (χ3n) is 4.09. The van der Waals surface area contributed by atoms with Gasteiger partial charge < -0.3 is 5.73 Å². The fourth-order valence-corrected chi connectivity index (χ4v) is 2.72. The van der Waals surface area contributed by atoms with E-state index < -0.39 is 0 Å². The first-order chi connectivity index (χ1) is 9.39. The van der Waals surface area contributed by atoms with Crippen LogP contribution < -0.4 is 5.73 Å². The molecule has 0 aliphatic carbocycles. The van der Waals surface area contributed by atoms with E-state index >= 15 is 0 Å². The van der Waals surface area contributed by atoms with Crippen molar-refractivity contribution in [2.75, 3.05) is 26.2 Å². The molecule has 1 aliphatic rings. The Kier molecular flexibility index (Phi) is 5.02. The van der Waals surface area contributed by atoms with Crippen molar-refractivity contribution in [2.45, 2.75) is 25.9 Å². The largest absolute Gasteiger partial charge is 0.392 e. The van der Waals surface area contributed by atoms with E-state index in [9.17, 15) is 0 Å². The first-order valence-corrected chi connectivity index (χ1v) is 7.70. The zero-order valence-electron chi connectivity index (χ0n) is 12.1. The van der Waals surface area contributed by atoms with E-state index in [2.05, 4.69) is 35.8 Å². The summed E-state index contributed by atoms with van der Waals surface area (Å²) in [5.41, 5.74) is 6.95.